The van der Waals surface area contributed by atoms with Crippen LogP contribution >= 0.6 is 0 Å². The van der Waals surface area contributed by atoms with Crippen molar-refractivity contribution in [2.45, 2.75) is 26.4 Å². The van der Waals surface area contributed by atoms with Crippen molar-refractivity contribution in [3.8, 4) is 0 Å². The van der Waals surface area contributed by atoms with Gasteiger partial charge in [-0.1, -0.05) is 60.7 Å². The molecule has 1 fully saturated rings. The number of rotatable bonds is 7. The van der Waals surface area contributed by atoms with Crippen LogP contribution in [0.4, 0.5) is 0 Å². The van der Waals surface area contributed by atoms with E-state index < -0.39 is 5.97 Å². The summed E-state index contributed by atoms with van der Waals surface area (Å²) < 4.78 is 10.7. The molecular formula is C28H30N4O4. The Hall–Kier alpha value is -3.75. The predicted octanol–water partition coefficient (Wildman–Crippen LogP) is 3.91. The maximum Gasteiger partial charge on any atom is 0.342 e. The number of nitrogens with zero attached hydrogens (tertiary/aromatic N) is 3. The third-order valence-corrected chi connectivity index (χ3v) is 6.64. The highest BCUT2D eigenvalue weighted by Gasteiger charge is 2.28. The molecule has 0 radical (unpaired) electrons. The summed E-state index contributed by atoms with van der Waals surface area (Å²) in [6, 6.07) is 21.4. The van der Waals surface area contributed by atoms with Crippen molar-refractivity contribution < 1.29 is 13.9 Å². The van der Waals surface area contributed by atoms with Gasteiger partial charge in [0.25, 0.3) is 5.56 Å². The van der Waals surface area contributed by atoms with Crippen molar-refractivity contribution >= 4 is 17.1 Å². The Kier molecular flexibility index (Phi) is 6.97. The molecule has 1 N–H and O–H groups in total. The monoisotopic (exact) mass is 486 g/mol. The zero-order valence-corrected chi connectivity index (χ0v) is 20.6. The minimum atomic E-state index is -0.573. The van der Waals surface area contributed by atoms with Crippen LogP contribution in [0.1, 0.15) is 46.0 Å². The van der Waals surface area contributed by atoms with Crippen LogP contribution in [0.15, 0.2) is 69.9 Å². The van der Waals surface area contributed by atoms with Gasteiger partial charge in [-0.2, -0.15) is 4.98 Å². The van der Waals surface area contributed by atoms with Crippen molar-refractivity contribution in [1.82, 2.24) is 19.8 Å². The Morgan fingerprint density at radius 2 is 1.64 bits per heavy atom. The zero-order chi connectivity index (χ0) is 25.1. The van der Waals surface area contributed by atoms with E-state index in [0.29, 0.717) is 18.1 Å². The van der Waals surface area contributed by atoms with E-state index in [4.69, 9.17) is 9.15 Å². The second-order valence-electron chi connectivity index (χ2n) is 8.98. The molecule has 1 aliphatic heterocycles. The molecule has 8 nitrogen and oxygen atoms in total. The van der Waals surface area contributed by atoms with Crippen molar-refractivity contribution in [2.75, 3.05) is 32.8 Å². The van der Waals surface area contributed by atoms with Crippen LogP contribution in [0.25, 0.3) is 11.1 Å². The fourth-order valence-electron chi connectivity index (χ4n) is 4.96. The first kappa shape index (κ1) is 24.0. The number of H-pyrrole nitrogens is 1. The molecule has 0 unspecified atom stereocenters. The van der Waals surface area contributed by atoms with Crippen LogP contribution in [0.5, 0.6) is 0 Å². The number of fused-ring (bicyclic) bond motifs is 1. The lowest BCUT2D eigenvalue weighted by molar-refractivity contribution is 0.0526. The van der Waals surface area contributed by atoms with E-state index in [0.717, 1.165) is 26.2 Å². The van der Waals surface area contributed by atoms with Gasteiger partial charge in [-0.15, -0.1) is 0 Å². The second-order valence-corrected chi connectivity index (χ2v) is 8.98. The lowest BCUT2D eigenvalue weighted by atomic mass is 9.96. The quantitative estimate of drug-likeness (QED) is 0.396. The van der Waals surface area contributed by atoms with Crippen molar-refractivity contribution in [2.24, 2.45) is 0 Å². The predicted molar refractivity (Wildman–Crippen MR) is 137 cm³/mol. The van der Waals surface area contributed by atoms with Crippen LogP contribution in [0.2, 0.25) is 0 Å². The fraction of sp³-hybridized carbons (Fsp3) is 0.321. The molecule has 2 aromatic carbocycles. The smallest absolute Gasteiger partial charge is 0.342 e. The number of nitrogens with one attached hydrogen (secondary N) is 1. The maximum absolute atomic E-state index is 12.8. The molecule has 1 aliphatic rings. The van der Waals surface area contributed by atoms with Gasteiger partial charge in [0, 0.05) is 26.2 Å². The van der Waals surface area contributed by atoms with Gasteiger partial charge in [-0.25, -0.2) is 4.79 Å². The minimum absolute atomic E-state index is 0.146. The highest BCUT2D eigenvalue weighted by Crippen LogP contribution is 2.29. The average molecular weight is 487 g/mol. The van der Waals surface area contributed by atoms with Crippen LogP contribution in [0, 0.1) is 6.92 Å². The normalized spacial score (nSPS) is 15.0. The van der Waals surface area contributed by atoms with E-state index in [-0.39, 0.29) is 34.9 Å². The summed E-state index contributed by atoms with van der Waals surface area (Å²) in [7, 11) is 0. The molecular weight excluding hydrogens is 456 g/mol. The topological polar surface area (TPSA) is 91.7 Å². The van der Waals surface area contributed by atoms with Crippen LogP contribution in [-0.4, -0.2) is 58.5 Å². The lowest BCUT2D eigenvalue weighted by Gasteiger charge is -2.39. The van der Waals surface area contributed by atoms with Gasteiger partial charge < -0.3 is 14.1 Å². The molecule has 8 heteroatoms. The number of furan rings is 1. The summed E-state index contributed by atoms with van der Waals surface area (Å²) in [4.78, 5) is 37.3. The molecule has 0 atom stereocenters. The molecule has 0 amide bonds. The second kappa shape index (κ2) is 10.5. The SMILES string of the molecule is CCOC(=O)c1c(C)oc2nc(CN3CCN(C(c4ccccc4)c4ccccc4)CC3)[nH]c(=O)c12. The molecule has 0 aliphatic carbocycles. The minimum Gasteiger partial charge on any atom is -0.462 e. The Bertz CT molecular complexity index is 1350. The van der Waals surface area contributed by atoms with Crippen LogP contribution < -0.4 is 5.56 Å². The third kappa shape index (κ3) is 4.82. The van der Waals surface area contributed by atoms with Gasteiger partial charge in [0.05, 0.1) is 19.2 Å². The molecule has 1 saturated heterocycles. The highest BCUT2D eigenvalue weighted by atomic mass is 16.5. The Balaban J connectivity index is 1.32. The first-order chi connectivity index (χ1) is 17.5. The summed E-state index contributed by atoms with van der Waals surface area (Å²) in [5.74, 6) is 0.282. The van der Waals surface area contributed by atoms with Crippen LogP contribution in [-0.2, 0) is 11.3 Å². The first-order valence-corrected chi connectivity index (χ1v) is 12.3. The van der Waals surface area contributed by atoms with E-state index in [1.54, 1.807) is 13.8 Å². The number of aromatic amines is 1. The number of ether oxygens (including phenoxy) is 1. The lowest BCUT2D eigenvalue weighted by Crippen LogP contribution is -2.47. The Morgan fingerprint density at radius 1 is 1.03 bits per heavy atom. The number of piperazine rings is 1. The number of aryl methyl sites for hydroxylation is 1. The Morgan fingerprint density at radius 3 is 2.22 bits per heavy atom. The molecule has 5 rings (SSSR count). The summed E-state index contributed by atoms with van der Waals surface area (Å²) in [6.45, 7) is 7.51. The van der Waals surface area contributed by atoms with Crippen molar-refractivity contribution in [1.29, 1.82) is 0 Å². The number of hydrogen-bond donors (Lipinski definition) is 1. The number of hydrogen-bond acceptors (Lipinski definition) is 7. The highest BCUT2D eigenvalue weighted by molar-refractivity contribution is 6.03. The molecule has 0 bridgehead atoms. The molecule has 186 valence electrons. The number of aromatic nitrogens is 2. The largest absolute Gasteiger partial charge is 0.462 e. The maximum atomic E-state index is 12.8. The zero-order valence-electron chi connectivity index (χ0n) is 20.6. The van der Waals surface area contributed by atoms with Gasteiger partial charge in [0.2, 0.25) is 5.71 Å². The fourth-order valence-corrected chi connectivity index (χ4v) is 4.96. The molecule has 4 aromatic rings. The molecule has 0 spiro atoms. The van der Waals surface area contributed by atoms with Gasteiger partial charge in [0.15, 0.2) is 0 Å². The van der Waals surface area contributed by atoms with Gasteiger partial charge >= 0.3 is 5.97 Å². The summed E-state index contributed by atoms with van der Waals surface area (Å²) in [5, 5.41) is 0.146. The van der Waals surface area contributed by atoms with Crippen molar-refractivity contribution in [3.05, 3.63) is 99.3 Å². The average Bonchev–Trinajstić information content (AvgIpc) is 3.23. The molecule has 2 aromatic heterocycles. The third-order valence-electron chi connectivity index (χ3n) is 6.64. The number of carbonyl (C=O) groups is 1. The summed E-state index contributed by atoms with van der Waals surface area (Å²) in [6.07, 6.45) is 0. The van der Waals surface area contributed by atoms with E-state index in [2.05, 4.69) is 68.3 Å². The molecule has 0 saturated carbocycles. The van der Waals surface area contributed by atoms with Gasteiger partial charge in [0.1, 0.15) is 22.5 Å². The van der Waals surface area contributed by atoms with Crippen LogP contribution in [0.3, 0.4) is 0 Å². The van der Waals surface area contributed by atoms with Crippen molar-refractivity contribution in [3.63, 3.8) is 0 Å². The Labute approximate surface area is 209 Å². The van der Waals surface area contributed by atoms with E-state index in [9.17, 15) is 9.59 Å². The van der Waals surface area contributed by atoms with Gasteiger partial charge in [-0.3, -0.25) is 14.6 Å². The van der Waals surface area contributed by atoms with Gasteiger partial charge in [-0.05, 0) is 25.0 Å². The standard InChI is InChI=1S/C28H30N4O4/c1-3-35-28(34)23-19(2)36-27-24(23)26(33)29-22(30-27)18-31-14-16-32(17-15-31)25(20-10-6-4-7-11-20)21-12-8-5-9-13-21/h4-13,25H,3,14-18H2,1-2H3,(H,29,30,33). The number of esters is 1. The van der Waals surface area contributed by atoms with E-state index >= 15 is 0 Å². The molecule has 3 heterocycles. The van der Waals surface area contributed by atoms with E-state index in [1.165, 1.54) is 11.1 Å². The first-order valence-electron chi connectivity index (χ1n) is 12.3. The molecule has 36 heavy (non-hydrogen) atoms. The summed E-state index contributed by atoms with van der Waals surface area (Å²) in [5.41, 5.74) is 2.48. The number of benzene rings is 2. The van der Waals surface area contributed by atoms with E-state index in [1.807, 2.05) is 12.1 Å². The summed E-state index contributed by atoms with van der Waals surface area (Å²) >= 11 is 0. The number of carbonyl (C=O) groups excluding carboxylic acids is 1.